The number of benzene rings is 2. The molecule has 3 heterocycles. The Balaban J connectivity index is 1.73. The van der Waals surface area contributed by atoms with E-state index in [4.69, 9.17) is 21.0 Å². The Morgan fingerprint density at radius 3 is 2.52 bits per heavy atom. The van der Waals surface area contributed by atoms with Crippen LogP contribution in [0.25, 0.3) is 5.69 Å². The molecule has 0 spiro atoms. The summed E-state index contributed by atoms with van der Waals surface area (Å²) in [7, 11) is 0. The number of aromatic nitrogens is 5. The smallest absolute Gasteiger partial charge is 0.219 e. The van der Waals surface area contributed by atoms with Crippen LogP contribution in [0.5, 0.6) is 0 Å². The van der Waals surface area contributed by atoms with E-state index in [0.29, 0.717) is 23.2 Å². The lowest BCUT2D eigenvalue weighted by Gasteiger charge is -2.12. The lowest BCUT2D eigenvalue weighted by Crippen LogP contribution is -2.09. The predicted molar refractivity (Wildman–Crippen MR) is 109 cm³/mol. The molecule has 0 saturated heterocycles. The number of hydrogen-bond acceptors (Lipinski definition) is 6. The zero-order valence-corrected chi connectivity index (χ0v) is 16.6. The van der Waals surface area contributed by atoms with Crippen LogP contribution < -0.4 is 0 Å². The molecule has 29 heavy (non-hydrogen) atoms. The molecule has 0 radical (unpaired) electrons. The number of fused-ring (bicyclic) bond motifs is 3. The van der Waals surface area contributed by atoms with Crippen molar-refractivity contribution in [2.24, 2.45) is 4.99 Å². The van der Waals surface area contributed by atoms with E-state index in [0.717, 1.165) is 34.2 Å². The highest BCUT2D eigenvalue weighted by Crippen LogP contribution is 2.32. The van der Waals surface area contributed by atoms with Gasteiger partial charge in [-0.1, -0.05) is 41.9 Å². The van der Waals surface area contributed by atoms with Crippen molar-refractivity contribution in [2.75, 3.05) is 0 Å². The first-order valence-corrected chi connectivity index (χ1v) is 9.62. The Labute approximate surface area is 172 Å². The van der Waals surface area contributed by atoms with E-state index in [9.17, 15) is 0 Å². The van der Waals surface area contributed by atoms with E-state index in [1.165, 1.54) is 0 Å². The van der Waals surface area contributed by atoms with Crippen molar-refractivity contribution in [2.45, 2.75) is 26.3 Å². The summed E-state index contributed by atoms with van der Waals surface area (Å²) in [5.74, 6) is 2.59. The molecular weight excluding hydrogens is 388 g/mol. The molecule has 4 aromatic rings. The number of aliphatic imine (C=N–C) groups is 1. The van der Waals surface area contributed by atoms with Crippen molar-refractivity contribution >= 4 is 17.3 Å². The maximum atomic E-state index is 6.11. The Kier molecular flexibility index (Phi) is 4.24. The molecule has 0 bridgehead atoms. The number of halogens is 1. The largest absolute Gasteiger partial charge is 0.426 e. The van der Waals surface area contributed by atoms with Gasteiger partial charge in [-0.2, -0.15) is 0 Å². The van der Waals surface area contributed by atoms with Gasteiger partial charge in [0, 0.05) is 23.1 Å². The molecule has 0 saturated carbocycles. The van der Waals surface area contributed by atoms with E-state index < -0.39 is 0 Å². The summed E-state index contributed by atoms with van der Waals surface area (Å²) in [4.78, 5) is 5.10. The van der Waals surface area contributed by atoms with Gasteiger partial charge < -0.3 is 4.42 Å². The number of aryl methyl sites for hydroxylation is 2. The topological polar surface area (TPSA) is 82.0 Å². The fourth-order valence-corrected chi connectivity index (χ4v) is 3.73. The van der Waals surface area contributed by atoms with E-state index in [1.54, 1.807) is 6.92 Å². The SMILES string of the molecule is Cc1nnc(C[C@@H]2N=C(c3ccc(Cl)cc3)c3ccccc3-n3c(C)nnc32)o1. The molecule has 0 amide bonds. The third-order valence-corrected chi connectivity index (χ3v) is 5.14. The standard InChI is InChI=1S/C21H17ClN6O/c1-12-24-27-21-17(11-19-26-25-13(2)29-19)23-20(14-7-9-15(22)10-8-14)16-5-3-4-6-18(16)28(12)21/h3-10,17H,11H2,1-2H3/t17-/m0/s1. The molecule has 0 N–H and O–H groups in total. The van der Waals surface area contributed by atoms with Gasteiger partial charge in [0.1, 0.15) is 11.9 Å². The van der Waals surface area contributed by atoms with Crippen LogP contribution in [0.3, 0.4) is 0 Å². The van der Waals surface area contributed by atoms with Crippen molar-refractivity contribution in [1.29, 1.82) is 0 Å². The molecule has 0 aliphatic carbocycles. The second kappa shape index (κ2) is 6.93. The Bertz CT molecular complexity index is 1220. The van der Waals surface area contributed by atoms with Gasteiger partial charge in [-0.15, -0.1) is 20.4 Å². The van der Waals surface area contributed by atoms with Crippen LogP contribution in [-0.2, 0) is 6.42 Å². The van der Waals surface area contributed by atoms with Crippen LogP contribution in [0.1, 0.15) is 40.6 Å². The third-order valence-electron chi connectivity index (χ3n) is 4.89. The van der Waals surface area contributed by atoms with Gasteiger partial charge in [0.15, 0.2) is 5.82 Å². The van der Waals surface area contributed by atoms with Crippen molar-refractivity contribution < 1.29 is 4.42 Å². The summed E-state index contributed by atoms with van der Waals surface area (Å²) in [6.45, 7) is 3.71. The molecule has 1 aliphatic heterocycles. The first kappa shape index (κ1) is 17.8. The molecule has 0 fully saturated rings. The number of para-hydroxylation sites is 1. The van der Waals surface area contributed by atoms with Crippen molar-refractivity contribution in [3.8, 4) is 5.69 Å². The summed E-state index contributed by atoms with van der Waals surface area (Å²) in [6, 6.07) is 15.5. The summed E-state index contributed by atoms with van der Waals surface area (Å²) in [6.07, 6.45) is 0.435. The molecule has 2 aromatic heterocycles. The molecule has 7 nitrogen and oxygen atoms in total. The maximum Gasteiger partial charge on any atom is 0.219 e. The number of rotatable bonds is 3. The Morgan fingerprint density at radius 2 is 1.76 bits per heavy atom. The first-order valence-electron chi connectivity index (χ1n) is 9.24. The lowest BCUT2D eigenvalue weighted by atomic mass is 10.0. The highest BCUT2D eigenvalue weighted by atomic mass is 35.5. The highest BCUT2D eigenvalue weighted by Gasteiger charge is 2.29. The van der Waals surface area contributed by atoms with Crippen LogP contribution >= 0.6 is 11.6 Å². The van der Waals surface area contributed by atoms with Gasteiger partial charge in [-0.3, -0.25) is 9.56 Å². The lowest BCUT2D eigenvalue weighted by molar-refractivity contribution is 0.446. The van der Waals surface area contributed by atoms with Gasteiger partial charge in [0.05, 0.1) is 17.8 Å². The summed E-state index contributed by atoms with van der Waals surface area (Å²) >= 11 is 6.11. The average Bonchev–Trinajstić information content (AvgIpc) is 3.27. The van der Waals surface area contributed by atoms with Crippen LogP contribution in [-0.4, -0.2) is 30.7 Å². The van der Waals surface area contributed by atoms with Gasteiger partial charge in [-0.05, 0) is 25.1 Å². The summed E-state index contributed by atoms with van der Waals surface area (Å²) < 4.78 is 7.67. The van der Waals surface area contributed by atoms with Gasteiger partial charge in [-0.25, -0.2) is 0 Å². The van der Waals surface area contributed by atoms with E-state index in [-0.39, 0.29) is 6.04 Å². The van der Waals surface area contributed by atoms with Crippen molar-refractivity contribution in [3.05, 3.63) is 88.1 Å². The molecule has 1 aliphatic rings. The minimum atomic E-state index is -0.325. The maximum absolute atomic E-state index is 6.11. The van der Waals surface area contributed by atoms with Gasteiger partial charge in [0.2, 0.25) is 11.8 Å². The van der Waals surface area contributed by atoms with E-state index >= 15 is 0 Å². The van der Waals surface area contributed by atoms with Gasteiger partial charge >= 0.3 is 0 Å². The fourth-order valence-electron chi connectivity index (χ4n) is 3.60. The molecule has 2 aromatic carbocycles. The molecule has 1 atom stereocenters. The van der Waals surface area contributed by atoms with Crippen molar-refractivity contribution in [1.82, 2.24) is 25.0 Å². The fraction of sp³-hybridized carbons (Fsp3) is 0.190. The molecule has 8 heteroatoms. The summed E-state index contributed by atoms with van der Waals surface area (Å²) in [5, 5.41) is 17.5. The second-order valence-electron chi connectivity index (χ2n) is 6.88. The highest BCUT2D eigenvalue weighted by molar-refractivity contribution is 6.30. The number of nitrogens with zero attached hydrogens (tertiary/aromatic N) is 6. The zero-order chi connectivity index (χ0) is 20.0. The molecular formula is C21H17ClN6O. The van der Waals surface area contributed by atoms with Crippen molar-refractivity contribution in [3.63, 3.8) is 0 Å². The minimum Gasteiger partial charge on any atom is -0.426 e. The van der Waals surface area contributed by atoms with E-state index in [2.05, 4.69) is 37.1 Å². The quantitative estimate of drug-likeness (QED) is 0.514. The normalized spacial score (nSPS) is 15.4. The zero-order valence-electron chi connectivity index (χ0n) is 15.9. The summed E-state index contributed by atoms with van der Waals surface area (Å²) in [5.41, 5.74) is 3.83. The Morgan fingerprint density at radius 1 is 0.966 bits per heavy atom. The molecule has 0 unspecified atom stereocenters. The van der Waals surface area contributed by atoms with E-state index in [1.807, 2.05) is 43.3 Å². The predicted octanol–water partition coefficient (Wildman–Crippen LogP) is 4.06. The van der Waals surface area contributed by atoms with Crippen LogP contribution in [0, 0.1) is 13.8 Å². The average molecular weight is 405 g/mol. The minimum absolute atomic E-state index is 0.325. The third kappa shape index (κ3) is 3.13. The molecule has 144 valence electrons. The van der Waals surface area contributed by atoms with Crippen LogP contribution in [0.4, 0.5) is 0 Å². The first-order chi connectivity index (χ1) is 14.1. The monoisotopic (exact) mass is 404 g/mol. The Hall–Kier alpha value is -3.32. The second-order valence-corrected chi connectivity index (χ2v) is 7.31. The van der Waals surface area contributed by atoms with Crippen LogP contribution in [0.15, 0.2) is 57.9 Å². The van der Waals surface area contributed by atoms with Gasteiger partial charge in [0.25, 0.3) is 0 Å². The molecule has 5 rings (SSSR count). The number of hydrogen-bond donors (Lipinski definition) is 0. The van der Waals surface area contributed by atoms with Crippen LogP contribution in [0.2, 0.25) is 5.02 Å².